The second-order valence-electron chi connectivity index (χ2n) is 5.38. The van der Waals surface area contributed by atoms with Crippen LogP contribution in [0.5, 0.6) is 0 Å². The average Bonchev–Trinajstić information content (AvgIpc) is 2.37. The monoisotopic (exact) mass is 292 g/mol. The molecule has 0 N–H and O–H groups in total. The highest BCUT2D eigenvalue weighted by molar-refractivity contribution is 8.43. The molecule has 0 aromatic carbocycles. The summed E-state index contributed by atoms with van der Waals surface area (Å²) in [4.78, 5) is 0. The maximum absolute atomic E-state index is 2.51. The molecule has 2 heteroatoms. The second kappa shape index (κ2) is 14.1. The second-order valence-corrected chi connectivity index (χ2v) is 11.9. The first-order chi connectivity index (χ1) is 8.72. The number of hydrogen-bond donors (Lipinski definition) is 0. The van der Waals surface area contributed by atoms with Crippen LogP contribution in [0.4, 0.5) is 0 Å². The number of hydrogen-bond acceptors (Lipinski definition) is 0. The van der Waals surface area contributed by atoms with Crippen LogP contribution in [-0.2, 0) is 18.9 Å². The quantitative estimate of drug-likeness (QED) is 0.426. The number of unbranched alkanes of at least 4 members (excludes halogenated alkanes) is 8. The summed E-state index contributed by atoms with van der Waals surface area (Å²) in [6.45, 7) is 4.60. The van der Waals surface area contributed by atoms with Gasteiger partial charge in [0, 0.05) is 0 Å². The van der Waals surface area contributed by atoms with Crippen LogP contribution in [0.25, 0.3) is 0 Å². The van der Waals surface area contributed by atoms with Gasteiger partial charge in [0.25, 0.3) is 0 Å². The van der Waals surface area contributed by atoms with Gasteiger partial charge in [-0.25, -0.2) is 0 Å². The van der Waals surface area contributed by atoms with Crippen LogP contribution < -0.4 is 0 Å². The predicted octanol–water partition coefficient (Wildman–Crippen LogP) is 5.34. The average molecular weight is 293 g/mol. The molecule has 0 radical (unpaired) electrons. The Morgan fingerprint density at radius 1 is 0.500 bits per heavy atom. The Balaban J connectivity index is 3.56. The molecule has 0 aliphatic rings. The zero-order valence-electron chi connectivity index (χ0n) is 13.3. The van der Waals surface area contributed by atoms with E-state index in [0.29, 0.717) is 18.9 Å². The molecule has 0 saturated heterocycles. The summed E-state index contributed by atoms with van der Waals surface area (Å²) in [5, 5.41) is 0. The minimum absolute atomic E-state index is 0.700. The van der Waals surface area contributed by atoms with Crippen molar-refractivity contribution in [2.45, 2.75) is 78.1 Å². The molecule has 0 amide bonds. The third-order valence-corrected chi connectivity index (χ3v) is 10.2. The lowest BCUT2D eigenvalue weighted by molar-refractivity contribution is 0.658. The van der Waals surface area contributed by atoms with Crippen LogP contribution in [0, 0.1) is 0 Å². The van der Waals surface area contributed by atoms with E-state index in [1.165, 1.54) is 75.7 Å². The SMILES string of the molecule is CCCCCCC/S(C)=S(\C)CCCCCCC. The van der Waals surface area contributed by atoms with Crippen LogP contribution in [0.3, 0.4) is 0 Å². The third kappa shape index (κ3) is 11.8. The summed E-state index contributed by atoms with van der Waals surface area (Å²) >= 11 is 0. The first-order valence-electron chi connectivity index (χ1n) is 7.97. The molecule has 0 aliphatic carbocycles. The van der Waals surface area contributed by atoms with Gasteiger partial charge in [-0.2, -0.15) is 18.9 Å². The molecule has 0 aromatic heterocycles. The molecule has 0 aliphatic heterocycles. The lowest BCUT2D eigenvalue weighted by Crippen LogP contribution is -2.06. The Kier molecular flexibility index (Phi) is 14.7. The van der Waals surface area contributed by atoms with Gasteiger partial charge in [-0.15, -0.1) is 0 Å². The number of rotatable bonds is 12. The molecule has 0 rings (SSSR count). The molecule has 2 unspecified atom stereocenters. The van der Waals surface area contributed by atoms with Crippen LogP contribution in [-0.4, -0.2) is 24.0 Å². The lowest BCUT2D eigenvalue weighted by Gasteiger charge is -2.10. The van der Waals surface area contributed by atoms with Crippen LogP contribution in [0.15, 0.2) is 0 Å². The predicted molar refractivity (Wildman–Crippen MR) is 93.8 cm³/mol. The van der Waals surface area contributed by atoms with E-state index in [2.05, 4.69) is 26.4 Å². The van der Waals surface area contributed by atoms with E-state index in [0.717, 1.165) is 0 Å². The molecule has 0 bridgehead atoms. The summed E-state index contributed by atoms with van der Waals surface area (Å²) in [5.74, 6) is 3.00. The van der Waals surface area contributed by atoms with E-state index >= 15 is 0 Å². The van der Waals surface area contributed by atoms with Gasteiger partial charge >= 0.3 is 0 Å². The Labute approximate surface area is 121 Å². The molecular weight excluding hydrogens is 256 g/mol. The fourth-order valence-electron chi connectivity index (χ4n) is 2.10. The highest BCUT2D eigenvalue weighted by Crippen LogP contribution is 2.06. The van der Waals surface area contributed by atoms with Crippen LogP contribution in [0.2, 0.25) is 0 Å². The van der Waals surface area contributed by atoms with Gasteiger partial charge in [-0.05, 0) is 36.9 Å². The van der Waals surface area contributed by atoms with Crippen molar-refractivity contribution in [3.8, 4) is 0 Å². The van der Waals surface area contributed by atoms with Crippen LogP contribution in [0.1, 0.15) is 78.1 Å². The minimum Gasteiger partial charge on any atom is -0.165 e. The molecule has 0 spiro atoms. The smallest absolute Gasteiger partial charge is 0.00703 e. The molecule has 0 saturated carbocycles. The Bertz CT molecular complexity index is 187. The van der Waals surface area contributed by atoms with Crippen molar-refractivity contribution in [3.63, 3.8) is 0 Å². The van der Waals surface area contributed by atoms with Gasteiger partial charge in [0.15, 0.2) is 0 Å². The Hall–Kier alpha value is 0.700. The molecule has 0 heterocycles. The van der Waals surface area contributed by atoms with Crippen molar-refractivity contribution in [1.29, 1.82) is 0 Å². The molecule has 18 heavy (non-hydrogen) atoms. The zero-order valence-corrected chi connectivity index (χ0v) is 14.9. The maximum atomic E-state index is 2.51. The van der Waals surface area contributed by atoms with Gasteiger partial charge < -0.3 is 0 Å². The van der Waals surface area contributed by atoms with E-state index < -0.39 is 0 Å². The summed E-state index contributed by atoms with van der Waals surface area (Å²) in [7, 11) is 1.40. The third-order valence-electron chi connectivity index (χ3n) is 3.56. The molecule has 112 valence electrons. The summed E-state index contributed by atoms with van der Waals surface area (Å²) in [6.07, 6.45) is 19.5. The van der Waals surface area contributed by atoms with Crippen LogP contribution >= 0.6 is 0 Å². The first kappa shape index (κ1) is 18.7. The fourth-order valence-corrected chi connectivity index (χ4v) is 6.31. The van der Waals surface area contributed by atoms with Crippen molar-refractivity contribution >= 4 is 18.9 Å². The largest absolute Gasteiger partial charge is 0.165 e. The normalized spacial score (nSPS) is 14.7. The molecule has 0 nitrogen and oxygen atoms in total. The molecule has 2 atom stereocenters. The van der Waals surface area contributed by atoms with Gasteiger partial charge in [0.1, 0.15) is 0 Å². The van der Waals surface area contributed by atoms with Crippen molar-refractivity contribution in [3.05, 3.63) is 0 Å². The van der Waals surface area contributed by atoms with Crippen molar-refractivity contribution < 1.29 is 0 Å². The van der Waals surface area contributed by atoms with Gasteiger partial charge in [0.05, 0.1) is 0 Å². The zero-order chi connectivity index (χ0) is 13.6. The molecule has 0 fully saturated rings. The van der Waals surface area contributed by atoms with Crippen molar-refractivity contribution in [1.82, 2.24) is 0 Å². The van der Waals surface area contributed by atoms with E-state index in [1.54, 1.807) is 0 Å². The van der Waals surface area contributed by atoms with Gasteiger partial charge in [0.2, 0.25) is 0 Å². The Morgan fingerprint density at radius 2 is 0.833 bits per heavy atom. The maximum Gasteiger partial charge on any atom is -0.00703 e. The topological polar surface area (TPSA) is 0 Å². The Morgan fingerprint density at radius 3 is 1.17 bits per heavy atom. The minimum atomic E-state index is 0.700. The highest BCUT2D eigenvalue weighted by atomic mass is 32.9. The van der Waals surface area contributed by atoms with E-state index in [1.807, 2.05) is 0 Å². The first-order valence-corrected chi connectivity index (χ1v) is 12.1. The van der Waals surface area contributed by atoms with E-state index in [-0.39, 0.29) is 0 Å². The standard InChI is InChI=1S/C16H36S2/c1-5-7-9-11-13-15-17(3)18(4)16-14-12-10-8-6-2/h5-16H2,1-4H3. The summed E-state index contributed by atoms with van der Waals surface area (Å²) in [6, 6.07) is 0. The van der Waals surface area contributed by atoms with E-state index in [4.69, 9.17) is 0 Å². The van der Waals surface area contributed by atoms with Crippen molar-refractivity contribution in [2.24, 2.45) is 0 Å². The summed E-state index contributed by atoms with van der Waals surface area (Å²) < 4.78 is 0. The molecular formula is C16H36S2. The lowest BCUT2D eigenvalue weighted by atomic mass is 10.2. The fraction of sp³-hybridized carbons (Fsp3) is 1.00. The summed E-state index contributed by atoms with van der Waals surface area (Å²) in [5.41, 5.74) is 0. The van der Waals surface area contributed by atoms with E-state index in [9.17, 15) is 0 Å². The molecule has 0 aromatic rings. The van der Waals surface area contributed by atoms with Gasteiger partial charge in [-0.1, -0.05) is 65.2 Å². The van der Waals surface area contributed by atoms with Gasteiger partial charge in [-0.3, -0.25) is 0 Å². The van der Waals surface area contributed by atoms with Crippen molar-refractivity contribution in [2.75, 3.05) is 24.0 Å². The highest BCUT2D eigenvalue weighted by Gasteiger charge is 1.96.